The van der Waals surface area contributed by atoms with E-state index < -0.39 is 0 Å². The second-order valence-corrected chi connectivity index (χ2v) is 7.30. The summed E-state index contributed by atoms with van der Waals surface area (Å²) >= 11 is 0. The van der Waals surface area contributed by atoms with Crippen LogP contribution in [0.15, 0.2) is 24.3 Å². The molecule has 1 aliphatic rings. The third kappa shape index (κ3) is 3.14. The summed E-state index contributed by atoms with van der Waals surface area (Å²) in [5.41, 5.74) is 9.21. The summed E-state index contributed by atoms with van der Waals surface area (Å²) in [6.45, 7) is 8.96. The molecule has 1 atom stereocenters. The molecule has 1 fully saturated rings. The molecule has 0 aliphatic heterocycles. The van der Waals surface area contributed by atoms with E-state index in [-0.39, 0.29) is 5.54 Å². The number of hydrogen-bond donors (Lipinski definition) is 1. The molecule has 0 amide bonds. The Morgan fingerprint density at radius 1 is 1.28 bits per heavy atom. The van der Waals surface area contributed by atoms with Crippen LogP contribution in [0.5, 0.6) is 0 Å². The SMILES string of the molecule is CC1(C)CCCC(c2cccc(C(C)(C)N)c2)C1. The molecule has 1 nitrogen and oxygen atoms in total. The third-order valence-corrected chi connectivity index (χ3v) is 4.31. The molecule has 100 valence electrons. The molecule has 0 spiro atoms. The van der Waals surface area contributed by atoms with Crippen molar-refractivity contribution in [1.82, 2.24) is 0 Å². The van der Waals surface area contributed by atoms with Crippen LogP contribution in [0.3, 0.4) is 0 Å². The zero-order chi connectivity index (χ0) is 13.4. The van der Waals surface area contributed by atoms with Gasteiger partial charge in [-0.15, -0.1) is 0 Å². The molecule has 1 heteroatoms. The van der Waals surface area contributed by atoms with Gasteiger partial charge < -0.3 is 5.73 Å². The van der Waals surface area contributed by atoms with E-state index in [4.69, 9.17) is 5.73 Å². The van der Waals surface area contributed by atoms with E-state index >= 15 is 0 Å². The van der Waals surface area contributed by atoms with E-state index in [0.29, 0.717) is 5.41 Å². The van der Waals surface area contributed by atoms with E-state index in [1.807, 2.05) is 0 Å². The maximum absolute atomic E-state index is 6.21. The molecule has 1 aromatic carbocycles. The largest absolute Gasteiger partial charge is 0.322 e. The first kappa shape index (κ1) is 13.6. The van der Waals surface area contributed by atoms with Crippen LogP contribution in [0.25, 0.3) is 0 Å². The minimum Gasteiger partial charge on any atom is -0.322 e. The molecule has 0 radical (unpaired) electrons. The molecule has 0 aromatic heterocycles. The highest BCUT2D eigenvalue weighted by atomic mass is 14.7. The standard InChI is InChI=1S/C17H27N/c1-16(2)10-6-8-14(12-16)13-7-5-9-15(11-13)17(3,4)18/h5,7,9,11,14H,6,8,10,12,18H2,1-4H3. The van der Waals surface area contributed by atoms with Crippen LogP contribution in [0.2, 0.25) is 0 Å². The smallest absolute Gasteiger partial charge is 0.0352 e. The van der Waals surface area contributed by atoms with Gasteiger partial charge in [0.15, 0.2) is 0 Å². The van der Waals surface area contributed by atoms with Crippen molar-refractivity contribution in [3.63, 3.8) is 0 Å². The van der Waals surface area contributed by atoms with Crippen molar-refractivity contribution < 1.29 is 0 Å². The minimum atomic E-state index is -0.236. The summed E-state index contributed by atoms with van der Waals surface area (Å²) in [5, 5.41) is 0. The fourth-order valence-electron chi connectivity index (χ4n) is 3.18. The highest BCUT2D eigenvalue weighted by molar-refractivity contribution is 5.31. The Morgan fingerprint density at radius 2 is 2.00 bits per heavy atom. The van der Waals surface area contributed by atoms with Crippen LogP contribution in [-0.2, 0) is 5.54 Å². The van der Waals surface area contributed by atoms with Gasteiger partial charge in [0.2, 0.25) is 0 Å². The lowest BCUT2D eigenvalue weighted by molar-refractivity contribution is 0.219. The Labute approximate surface area is 112 Å². The Balaban J connectivity index is 2.23. The highest BCUT2D eigenvalue weighted by Crippen LogP contribution is 2.43. The van der Waals surface area contributed by atoms with E-state index in [1.54, 1.807) is 0 Å². The lowest BCUT2D eigenvalue weighted by Gasteiger charge is -2.36. The van der Waals surface area contributed by atoms with Gasteiger partial charge in [-0.2, -0.15) is 0 Å². The summed E-state index contributed by atoms with van der Waals surface area (Å²) in [6.07, 6.45) is 5.36. The fourth-order valence-corrected chi connectivity index (χ4v) is 3.18. The van der Waals surface area contributed by atoms with Crippen molar-refractivity contribution in [2.24, 2.45) is 11.1 Å². The molecule has 0 bridgehead atoms. The number of hydrogen-bond acceptors (Lipinski definition) is 1. The van der Waals surface area contributed by atoms with Crippen LogP contribution < -0.4 is 5.73 Å². The molecule has 1 saturated carbocycles. The lowest BCUT2D eigenvalue weighted by Crippen LogP contribution is -2.29. The average molecular weight is 245 g/mol. The molecule has 18 heavy (non-hydrogen) atoms. The van der Waals surface area contributed by atoms with E-state index in [2.05, 4.69) is 52.0 Å². The molecule has 2 N–H and O–H groups in total. The van der Waals surface area contributed by atoms with Gasteiger partial charge >= 0.3 is 0 Å². The molecule has 1 aliphatic carbocycles. The maximum Gasteiger partial charge on any atom is 0.0352 e. The first-order chi connectivity index (χ1) is 8.28. The van der Waals surface area contributed by atoms with Gasteiger partial charge in [-0.25, -0.2) is 0 Å². The van der Waals surface area contributed by atoms with Crippen molar-refractivity contribution in [2.75, 3.05) is 0 Å². The minimum absolute atomic E-state index is 0.236. The topological polar surface area (TPSA) is 26.0 Å². The van der Waals surface area contributed by atoms with Crippen LogP contribution in [0.4, 0.5) is 0 Å². The summed E-state index contributed by atoms with van der Waals surface area (Å²) in [5.74, 6) is 0.719. The van der Waals surface area contributed by atoms with Gasteiger partial charge in [0, 0.05) is 5.54 Å². The molecular formula is C17H27N. The normalized spacial score (nSPS) is 23.9. The van der Waals surface area contributed by atoms with Crippen LogP contribution in [0, 0.1) is 5.41 Å². The van der Waals surface area contributed by atoms with Gasteiger partial charge in [0.1, 0.15) is 0 Å². The molecule has 1 aromatic rings. The van der Waals surface area contributed by atoms with Crippen molar-refractivity contribution in [3.05, 3.63) is 35.4 Å². The summed E-state index contributed by atoms with van der Waals surface area (Å²) < 4.78 is 0. The van der Waals surface area contributed by atoms with E-state index in [9.17, 15) is 0 Å². The highest BCUT2D eigenvalue weighted by Gasteiger charge is 2.29. The third-order valence-electron chi connectivity index (χ3n) is 4.31. The first-order valence-corrected chi connectivity index (χ1v) is 7.17. The number of rotatable bonds is 2. The van der Waals surface area contributed by atoms with E-state index in [1.165, 1.54) is 36.8 Å². The van der Waals surface area contributed by atoms with Crippen molar-refractivity contribution in [1.29, 1.82) is 0 Å². The Hall–Kier alpha value is -0.820. The van der Waals surface area contributed by atoms with Gasteiger partial charge in [0.05, 0.1) is 0 Å². The van der Waals surface area contributed by atoms with E-state index in [0.717, 1.165) is 5.92 Å². The number of benzene rings is 1. The van der Waals surface area contributed by atoms with Crippen LogP contribution in [-0.4, -0.2) is 0 Å². The van der Waals surface area contributed by atoms with Gasteiger partial charge in [-0.3, -0.25) is 0 Å². The second-order valence-electron chi connectivity index (χ2n) is 7.30. The fraction of sp³-hybridized carbons (Fsp3) is 0.647. The number of nitrogens with two attached hydrogens (primary N) is 1. The van der Waals surface area contributed by atoms with Crippen LogP contribution in [0.1, 0.15) is 70.4 Å². The Bertz CT molecular complexity index is 412. The Morgan fingerprint density at radius 3 is 2.61 bits per heavy atom. The predicted octanol–water partition coefficient (Wildman–Crippen LogP) is 4.56. The second kappa shape index (κ2) is 4.70. The first-order valence-electron chi connectivity index (χ1n) is 7.17. The molecule has 0 saturated heterocycles. The molecule has 2 rings (SSSR count). The zero-order valence-electron chi connectivity index (χ0n) is 12.3. The maximum atomic E-state index is 6.21. The quantitative estimate of drug-likeness (QED) is 0.812. The monoisotopic (exact) mass is 245 g/mol. The molecule has 1 unspecified atom stereocenters. The van der Waals surface area contributed by atoms with Crippen molar-refractivity contribution in [2.45, 2.75) is 64.8 Å². The summed E-state index contributed by atoms with van der Waals surface area (Å²) in [4.78, 5) is 0. The predicted molar refractivity (Wildman–Crippen MR) is 78.6 cm³/mol. The van der Waals surface area contributed by atoms with Crippen LogP contribution >= 0.6 is 0 Å². The van der Waals surface area contributed by atoms with Gasteiger partial charge in [0.25, 0.3) is 0 Å². The lowest BCUT2D eigenvalue weighted by atomic mass is 9.70. The zero-order valence-corrected chi connectivity index (χ0v) is 12.3. The summed E-state index contributed by atoms with van der Waals surface area (Å²) in [7, 11) is 0. The van der Waals surface area contributed by atoms with Gasteiger partial charge in [-0.05, 0) is 55.6 Å². The summed E-state index contributed by atoms with van der Waals surface area (Å²) in [6, 6.07) is 8.92. The average Bonchev–Trinajstić information content (AvgIpc) is 2.27. The van der Waals surface area contributed by atoms with Crippen molar-refractivity contribution in [3.8, 4) is 0 Å². The Kier molecular flexibility index (Phi) is 3.55. The van der Waals surface area contributed by atoms with Gasteiger partial charge in [-0.1, -0.05) is 44.5 Å². The molecule has 0 heterocycles. The van der Waals surface area contributed by atoms with Crippen molar-refractivity contribution >= 4 is 0 Å². The molecular weight excluding hydrogens is 218 g/mol.